The number of aromatic amines is 1. The van der Waals surface area contributed by atoms with Crippen LogP contribution in [-0.2, 0) is 94.3 Å². The second kappa shape index (κ2) is 50.7. The second-order valence-corrected chi connectivity index (χ2v) is 32.9. The lowest BCUT2D eigenvalue weighted by molar-refractivity contribution is -0.141. The van der Waals surface area contributed by atoms with Crippen LogP contribution in [-0.4, -0.2) is 208 Å². The first-order valence-electron chi connectivity index (χ1n) is 41.5. The standard InChI is InChI=1S/C84H129N15O18.CH5N/c1-46(2)38-60-45-89-63(34-35-67(85)103)72(107)71(106)51(8)91-77(112)58(41-59-44-88-62-33-27-26-32-61(59)62)42-66(102)83(14,99-80(115)65(40-57-30-24-23-25-31-57)96-81(116)68(55(12)100)97-79(114)64(39-47(3)4)95-56(13)101)36-28-21-19-17-16-18-20-22-29-37-84(15,98-78(60)113)82(117)94-54(11)76(111)93-53(10)75(110)92-52(9)74(109)90-50(7)70(105)69(104)49(6)87-43-48(5)73(86)108;1-2/h23-27,30-33,44,46-55,58,60,63-65,68,87-89,100H,16-22,28-29,34-43,45H2,1-15H3,(H2,85,103)(H2,86,108)(H,90,109)(H,91,112)(H,92,110)(H,93,111)(H,94,117)(H,95,101)(H,96,116)(H,97,114)(H,98,113)(H,99,115);2H2,1H3/t48-,49-,50-,51?,52?,53-,54?,55+,58+,60+,63-,64-,65-,68-,83+,84-;/m0./s1. The number of nitrogens with two attached hydrogens (primary N) is 3. The number of carbonyl (C=O) groups excluding carboxylic acids is 17. The van der Waals surface area contributed by atoms with E-state index in [-0.39, 0.29) is 69.9 Å². The van der Waals surface area contributed by atoms with Gasteiger partial charge in [-0.1, -0.05) is 141 Å². The Morgan fingerprint density at radius 2 is 1.11 bits per heavy atom. The third-order valence-corrected chi connectivity index (χ3v) is 21.2. The molecule has 1 saturated heterocycles. The molecule has 12 amide bonds. The minimum absolute atomic E-state index is 0.0223. The Morgan fingerprint density at radius 3 is 1.66 bits per heavy atom. The summed E-state index contributed by atoms with van der Waals surface area (Å²) < 4.78 is 0. The van der Waals surface area contributed by atoms with Crippen LogP contribution in [0, 0.1) is 29.6 Å². The zero-order chi connectivity index (χ0) is 89.8. The zero-order valence-corrected chi connectivity index (χ0v) is 72.3. The average molecular weight is 1670 g/mol. The van der Waals surface area contributed by atoms with E-state index in [1.807, 2.05) is 45.9 Å². The Morgan fingerprint density at radius 1 is 0.571 bits per heavy atom. The fraction of sp³-hybridized carbons (Fsp3) is 0.635. The molecular formula is C85H134N16O18. The second-order valence-electron chi connectivity index (χ2n) is 32.9. The number of para-hydroxylation sites is 1. The van der Waals surface area contributed by atoms with Gasteiger partial charge in [0.25, 0.3) is 0 Å². The van der Waals surface area contributed by atoms with E-state index in [2.05, 4.69) is 74.5 Å². The van der Waals surface area contributed by atoms with E-state index < -0.39 is 208 Å². The van der Waals surface area contributed by atoms with E-state index in [1.54, 1.807) is 49.5 Å². The molecule has 1 aliphatic heterocycles. The number of nitrogens with one attached hydrogen (secondary N) is 13. The molecule has 3 unspecified atom stereocenters. The smallest absolute Gasteiger partial charge is 0.246 e. The van der Waals surface area contributed by atoms with Gasteiger partial charge in [0.05, 0.1) is 41.7 Å². The number of fused-ring (bicyclic) bond motifs is 1. The molecule has 1 aromatic heterocycles. The summed E-state index contributed by atoms with van der Waals surface area (Å²) >= 11 is 0. The molecule has 0 spiro atoms. The summed E-state index contributed by atoms with van der Waals surface area (Å²) in [7, 11) is 1.50. The maximum Gasteiger partial charge on any atom is 0.246 e. The first-order chi connectivity index (χ1) is 55.9. The van der Waals surface area contributed by atoms with Gasteiger partial charge in [0.1, 0.15) is 41.8 Å². The van der Waals surface area contributed by atoms with Gasteiger partial charge >= 0.3 is 0 Å². The highest BCUT2D eigenvalue weighted by Crippen LogP contribution is 2.28. The summed E-state index contributed by atoms with van der Waals surface area (Å²) in [4.78, 5) is 239. The maximum absolute atomic E-state index is 15.6. The van der Waals surface area contributed by atoms with Crippen LogP contribution in [0.3, 0.4) is 0 Å². The Kier molecular flexibility index (Phi) is 43.9. The van der Waals surface area contributed by atoms with Crippen LogP contribution in [0.1, 0.15) is 218 Å². The fourth-order valence-corrected chi connectivity index (χ4v) is 13.8. The number of aliphatic hydroxyl groups excluding tert-OH is 1. The van der Waals surface area contributed by atoms with E-state index in [0.717, 1.165) is 24.6 Å². The van der Waals surface area contributed by atoms with Gasteiger partial charge in [-0.25, -0.2) is 0 Å². The SMILES string of the molecule is CC(=O)N[C@@H](CC(C)C)C(=O)N[C@H](C(=O)N[C@@H](Cc1ccccc1)C(=O)N[C@]1(C)CCCCCCCCCCC[C@@](C)(C(=O)NC(C)C(=O)N[C@@H](C)C(=O)NC(C)C(=O)N[C@@H](C)C(=O)C(=O)[C@H](C)NC[C@H](C)C(N)=O)NC(=O)[C@H](CC(C)C)CN[C@@H](CCC(N)=O)C(=O)C(=O)C(C)NC(=O)[C@H](Cc2c[nH]c3ccccc23)CC1=O)[C@@H](C)O.CN. The van der Waals surface area contributed by atoms with Gasteiger partial charge in [0.2, 0.25) is 94.0 Å². The van der Waals surface area contributed by atoms with Crippen molar-refractivity contribution in [1.82, 2.24) is 68.8 Å². The number of aliphatic hydroxyl groups is 1. The molecule has 16 atom stereocenters. The normalized spacial score (nSPS) is 21.7. The number of carbonyl (C=O) groups is 17. The van der Waals surface area contributed by atoms with Crippen molar-refractivity contribution in [2.45, 2.75) is 297 Å². The van der Waals surface area contributed by atoms with Crippen molar-refractivity contribution in [1.29, 1.82) is 0 Å². The van der Waals surface area contributed by atoms with Gasteiger partial charge < -0.3 is 91.1 Å². The van der Waals surface area contributed by atoms with E-state index in [9.17, 15) is 72.2 Å². The number of H-pyrrole nitrogens is 1. The summed E-state index contributed by atoms with van der Waals surface area (Å²) in [6.45, 7) is 22.2. The molecule has 20 N–H and O–H groups in total. The van der Waals surface area contributed by atoms with Gasteiger partial charge in [0.15, 0.2) is 5.78 Å². The molecule has 3 aromatic rings. The van der Waals surface area contributed by atoms with Crippen molar-refractivity contribution in [3.8, 4) is 0 Å². The summed E-state index contributed by atoms with van der Waals surface area (Å²) in [6, 6.07) is 2.50. The van der Waals surface area contributed by atoms with Crippen LogP contribution in [0.15, 0.2) is 60.8 Å². The number of aromatic nitrogens is 1. The molecule has 2 aromatic carbocycles. The lowest BCUT2D eigenvalue weighted by Crippen LogP contribution is -2.62. The monoisotopic (exact) mass is 1670 g/mol. The van der Waals surface area contributed by atoms with Crippen molar-refractivity contribution in [2.75, 3.05) is 20.1 Å². The molecule has 0 saturated carbocycles. The lowest BCUT2D eigenvalue weighted by atomic mass is 9.82. The van der Waals surface area contributed by atoms with Gasteiger partial charge in [-0.2, -0.15) is 0 Å². The van der Waals surface area contributed by atoms with E-state index in [0.29, 0.717) is 55.2 Å². The molecule has 34 nitrogen and oxygen atoms in total. The number of amides is 12. The third-order valence-electron chi connectivity index (χ3n) is 21.2. The van der Waals surface area contributed by atoms with Crippen LogP contribution in [0.25, 0.3) is 10.9 Å². The van der Waals surface area contributed by atoms with Crippen LogP contribution >= 0.6 is 0 Å². The molecule has 4 rings (SSSR count). The number of rotatable bonds is 34. The van der Waals surface area contributed by atoms with Crippen molar-refractivity contribution in [3.05, 3.63) is 71.9 Å². The molecule has 119 heavy (non-hydrogen) atoms. The van der Waals surface area contributed by atoms with Gasteiger partial charge in [-0.3, -0.25) is 81.5 Å². The molecule has 1 fully saturated rings. The highest BCUT2D eigenvalue weighted by atomic mass is 16.3. The average Bonchev–Trinajstić information content (AvgIpc) is 1.45. The number of benzene rings is 2. The van der Waals surface area contributed by atoms with E-state index in [4.69, 9.17) is 11.5 Å². The van der Waals surface area contributed by atoms with Crippen molar-refractivity contribution < 1.29 is 86.6 Å². The predicted molar refractivity (Wildman–Crippen MR) is 449 cm³/mol. The molecule has 0 radical (unpaired) electrons. The minimum atomic E-state index is -1.76. The molecule has 34 heteroatoms. The number of hydrogen-bond acceptors (Lipinski definition) is 21. The van der Waals surface area contributed by atoms with Crippen LogP contribution < -0.4 is 81.0 Å². The number of ketones is 5. The van der Waals surface area contributed by atoms with Crippen molar-refractivity contribution in [3.63, 3.8) is 0 Å². The zero-order valence-electron chi connectivity index (χ0n) is 72.3. The minimum Gasteiger partial charge on any atom is -0.391 e. The molecule has 1 aliphatic rings. The summed E-state index contributed by atoms with van der Waals surface area (Å²) in [6.07, 6.45) is 4.73. The van der Waals surface area contributed by atoms with E-state index in [1.165, 1.54) is 76.3 Å². The Hall–Kier alpha value is -10.2. The lowest BCUT2D eigenvalue weighted by Gasteiger charge is -2.33. The molecule has 2 heterocycles. The Labute approximate surface area is 698 Å². The molecule has 0 aliphatic carbocycles. The van der Waals surface area contributed by atoms with Gasteiger partial charge in [0, 0.05) is 68.2 Å². The molecule has 0 bridgehead atoms. The molecule has 662 valence electrons. The Bertz CT molecular complexity index is 3960. The number of primary amides is 2. The van der Waals surface area contributed by atoms with Crippen molar-refractivity contribution >= 4 is 111 Å². The topological polar surface area (TPSA) is 549 Å². The summed E-state index contributed by atoms with van der Waals surface area (Å²) in [5.41, 5.74) is 13.9. The first kappa shape index (κ1) is 103. The van der Waals surface area contributed by atoms with Crippen LogP contribution in [0.2, 0.25) is 0 Å². The van der Waals surface area contributed by atoms with Crippen LogP contribution in [0.5, 0.6) is 0 Å². The summed E-state index contributed by atoms with van der Waals surface area (Å²) in [5.74, 6) is -17.0. The Balaban J connectivity index is 0.0000182. The number of Topliss-reactive ketones (excluding diaryl/α,β-unsaturated/α-hetero) is 5. The van der Waals surface area contributed by atoms with Gasteiger partial charge in [-0.05, 0) is 137 Å². The fourth-order valence-electron chi connectivity index (χ4n) is 13.8. The predicted octanol–water partition coefficient (Wildman–Crippen LogP) is 1.84. The first-order valence-corrected chi connectivity index (χ1v) is 41.5. The largest absolute Gasteiger partial charge is 0.391 e. The van der Waals surface area contributed by atoms with Crippen LogP contribution in [0.4, 0.5) is 0 Å². The number of hydrogen-bond donors (Lipinski definition) is 17. The summed E-state index contributed by atoms with van der Waals surface area (Å²) in [5, 5.41) is 44.1. The van der Waals surface area contributed by atoms with E-state index >= 15 is 14.4 Å². The third kappa shape index (κ3) is 34.6. The highest BCUT2D eigenvalue weighted by Gasteiger charge is 2.43. The maximum atomic E-state index is 15.6. The molecular weight excluding hydrogens is 1530 g/mol. The van der Waals surface area contributed by atoms with Gasteiger partial charge in [-0.15, -0.1) is 0 Å². The quantitative estimate of drug-likeness (QED) is 0.0379. The highest BCUT2D eigenvalue weighted by molar-refractivity contribution is 6.41. The van der Waals surface area contributed by atoms with Crippen molar-refractivity contribution in [2.24, 2.45) is 46.8 Å².